The topological polar surface area (TPSA) is 102 Å². The third-order valence-electron chi connectivity index (χ3n) is 0.711. The van der Waals surface area contributed by atoms with Gasteiger partial charge in [-0.25, -0.2) is 0 Å². The minimum Gasteiger partial charge on any atom is -0.373 e. The summed E-state index contributed by atoms with van der Waals surface area (Å²) < 4.78 is 34.4. The maximum absolute atomic E-state index is 9.33. The van der Waals surface area contributed by atoms with Crippen molar-refractivity contribution in [3.05, 3.63) is 0 Å². The van der Waals surface area contributed by atoms with Crippen molar-refractivity contribution in [1.82, 2.24) is 0 Å². The molecule has 0 aromatic rings. The van der Waals surface area contributed by atoms with E-state index in [0.29, 0.717) is 6.10 Å². The van der Waals surface area contributed by atoms with Gasteiger partial charge in [-0.3, -0.25) is 8.74 Å². The molecule has 0 aromatic carbocycles. The Morgan fingerprint density at radius 2 is 1.75 bits per heavy atom. The Bertz CT molecular complexity index is 174. The lowest BCUT2D eigenvalue weighted by atomic mass is 10.6. The molecule has 1 heterocycles. The third kappa shape index (κ3) is 22.6. The fourth-order valence-electron chi connectivity index (χ4n) is 0.0962. The van der Waals surface area contributed by atoms with Gasteiger partial charge in [-0.2, -0.15) is 8.42 Å². The van der Waals surface area contributed by atoms with Gasteiger partial charge in [0.15, 0.2) is 0 Å². The minimum atomic E-state index is -4.16. The molecule has 0 saturated carbocycles. The normalized spacial score (nSPS) is 19.6. The van der Waals surface area contributed by atoms with Crippen molar-refractivity contribution in [2.24, 2.45) is 5.73 Å². The fourth-order valence-corrected chi connectivity index (χ4v) is 0.0962. The summed E-state index contributed by atoms with van der Waals surface area (Å²) in [5.74, 6) is 0. The van der Waals surface area contributed by atoms with Gasteiger partial charge in [0.25, 0.3) is 0 Å². The molecule has 76 valence electrons. The van der Waals surface area contributed by atoms with E-state index in [9.17, 15) is 8.42 Å². The standard InChI is InChI=1S/C3H6O.CH5N.CH4O4S/c1-3-2-4-3;1-2;1-5-6(2,3)4/h3H,2H2,1H3;2H2,1H3;1H3,(H,2,3,4). The van der Waals surface area contributed by atoms with E-state index >= 15 is 0 Å². The van der Waals surface area contributed by atoms with Gasteiger partial charge in [-0.1, -0.05) is 0 Å². The maximum atomic E-state index is 9.33. The molecule has 0 spiro atoms. The molecule has 1 rings (SSSR count). The van der Waals surface area contributed by atoms with Gasteiger partial charge in [0, 0.05) is 0 Å². The summed E-state index contributed by atoms with van der Waals surface area (Å²) in [7, 11) is -1.79. The molecule has 0 aromatic heterocycles. The average Bonchev–Trinajstić information content (AvgIpc) is 2.76. The van der Waals surface area contributed by atoms with Gasteiger partial charge >= 0.3 is 10.4 Å². The molecule has 0 bridgehead atoms. The first-order valence-corrected chi connectivity index (χ1v) is 4.54. The first-order valence-electron chi connectivity index (χ1n) is 3.18. The average molecular weight is 201 g/mol. The first kappa shape index (κ1) is 14.3. The van der Waals surface area contributed by atoms with Crippen LogP contribution < -0.4 is 5.73 Å². The maximum Gasteiger partial charge on any atom is 0.397 e. The highest BCUT2D eigenvalue weighted by molar-refractivity contribution is 7.80. The Hall–Kier alpha value is -0.210. The molecule has 0 radical (unpaired) electrons. The Kier molecular flexibility index (Phi) is 8.88. The van der Waals surface area contributed by atoms with Gasteiger partial charge in [0.2, 0.25) is 0 Å². The van der Waals surface area contributed by atoms with Crippen LogP contribution in [0.2, 0.25) is 0 Å². The molecule has 1 saturated heterocycles. The van der Waals surface area contributed by atoms with Gasteiger partial charge in [0.05, 0.1) is 19.8 Å². The van der Waals surface area contributed by atoms with Crippen LogP contribution in [-0.2, 0) is 19.3 Å². The molecule has 7 heteroatoms. The third-order valence-corrected chi connectivity index (χ3v) is 1.13. The number of hydrogen-bond donors (Lipinski definition) is 2. The van der Waals surface area contributed by atoms with Crippen LogP contribution >= 0.6 is 0 Å². The summed E-state index contributed by atoms with van der Waals surface area (Å²) in [6.07, 6.45) is 0.583. The summed E-state index contributed by atoms with van der Waals surface area (Å²) in [6, 6.07) is 0. The monoisotopic (exact) mass is 201 g/mol. The molecular formula is C5H15NO5S. The highest BCUT2D eigenvalue weighted by Crippen LogP contribution is 2.04. The molecule has 0 amide bonds. The Balaban J connectivity index is 0. The van der Waals surface area contributed by atoms with Gasteiger partial charge in [-0.05, 0) is 14.0 Å². The zero-order chi connectivity index (χ0) is 10.2. The second kappa shape index (κ2) is 7.44. The highest BCUT2D eigenvalue weighted by atomic mass is 32.3. The lowest BCUT2D eigenvalue weighted by Gasteiger charge is -1.82. The van der Waals surface area contributed by atoms with E-state index in [0.717, 1.165) is 13.7 Å². The summed E-state index contributed by atoms with van der Waals surface area (Å²) in [5, 5.41) is 0. The summed E-state index contributed by atoms with van der Waals surface area (Å²) in [6.45, 7) is 3.04. The fraction of sp³-hybridized carbons (Fsp3) is 1.00. The SMILES string of the molecule is CC1CO1.CN.COS(=O)(=O)O. The van der Waals surface area contributed by atoms with E-state index in [2.05, 4.69) is 16.8 Å². The van der Waals surface area contributed by atoms with Crippen LogP contribution in [0.4, 0.5) is 0 Å². The Labute approximate surface area is 72.6 Å². The molecule has 3 N–H and O–H groups in total. The molecule has 1 aliphatic rings. The number of nitrogens with two attached hydrogens (primary N) is 1. The van der Waals surface area contributed by atoms with Crippen molar-refractivity contribution in [3.8, 4) is 0 Å². The number of ether oxygens (including phenoxy) is 1. The van der Waals surface area contributed by atoms with E-state index in [1.165, 1.54) is 7.05 Å². The summed E-state index contributed by atoms with van der Waals surface area (Å²) >= 11 is 0. The molecule has 1 atom stereocenters. The van der Waals surface area contributed by atoms with Crippen molar-refractivity contribution in [3.63, 3.8) is 0 Å². The largest absolute Gasteiger partial charge is 0.397 e. The minimum absolute atomic E-state index is 0.583. The van der Waals surface area contributed by atoms with E-state index in [1.807, 2.05) is 0 Å². The van der Waals surface area contributed by atoms with Gasteiger partial charge in [-0.15, -0.1) is 0 Å². The first-order chi connectivity index (χ1) is 5.45. The predicted molar refractivity (Wildman–Crippen MR) is 44.1 cm³/mol. The Morgan fingerprint density at radius 3 is 1.75 bits per heavy atom. The van der Waals surface area contributed by atoms with E-state index in [4.69, 9.17) is 9.29 Å². The van der Waals surface area contributed by atoms with E-state index in [1.54, 1.807) is 0 Å². The van der Waals surface area contributed by atoms with Crippen LogP contribution in [0.3, 0.4) is 0 Å². The lowest BCUT2D eigenvalue weighted by Crippen LogP contribution is -1.96. The zero-order valence-electron chi connectivity index (χ0n) is 7.35. The quantitative estimate of drug-likeness (QED) is 0.434. The number of hydrogen-bond acceptors (Lipinski definition) is 5. The van der Waals surface area contributed by atoms with E-state index in [-0.39, 0.29) is 0 Å². The van der Waals surface area contributed by atoms with Crippen LogP contribution in [0.5, 0.6) is 0 Å². The van der Waals surface area contributed by atoms with Crippen molar-refractivity contribution in [1.29, 1.82) is 0 Å². The van der Waals surface area contributed by atoms with Gasteiger partial charge < -0.3 is 10.5 Å². The Morgan fingerprint density at radius 1 is 1.58 bits per heavy atom. The second-order valence-electron chi connectivity index (χ2n) is 1.74. The van der Waals surface area contributed by atoms with Gasteiger partial charge in [0.1, 0.15) is 0 Å². The van der Waals surface area contributed by atoms with Crippen LogP contribution in [0.1, 0.15) is 6.92 Å². The summed E-state index contributed by atoms with van der Waals surface area (Å²) in [4.78, 5) is 0. The van der Waals surface area contributed by atoms with Crippen LogP contribution in [0.25, 0.3) is 0 Å². The second-order valence-corrected chi connectivity index (χ2v) is 2.93. The molecule has 1 aliphatic heterocycles. The smallest absolute Gasteiger partial charge is 0.373 e. The summed E-state index contributed by atoms with van der Waals surface area (Å²) in [5.41, 5.74) is 4.50. The number of epoxide rings is 1. The predicted octanol–water partition coefficient (Wildman–Crippen LogP) is -0.584. The zero-order valence-corrected chi connectivity index (χ0v) is 8.17. The van der Waals surface area contributed by atoms with Crippen molar-refractivity contribution in [2.75, 3.05) is 20.8 Å². The molecule has 6 nitrogen and oxygen atoms in total. The van der Waals surface area contributed by atoms with Crippen LogP contribution in [0, 0.1) is 0 Å². The molecule has 1 fully saturated rings. The van der Waals surface area contributed by atoms with E-state index < -0.39 is 10.4 Å². The molecular weight excluding hydrogens is 186 g/mol. The van der Waals surface area contributed by atoms with Crippen molar-refractivity contribution >= 4 is 10.4 Å². The molecule has 0 aliphatic carbocycles. The number of rotatable bonds is 1. The lowest BCUT2D eigenvalue weighted by molar-refractivity contribution is 0.324. The van der Waals surface area contributed by atoms with Crippen molar-refractivity contribution in [2.45, 2.75) is 13.0 Å². The highest BCUT2D eigenvalue weighted by Gasteiger charge is 2.13. The molecule has 1 unspecified atom stereocenters. The van der Waals surface area contributed by atoms with Crippen LogP contribution in [-0.4, -0.2) is 39.8 Å². The van der Waals surface area contributed by atoms with Crippen LogP contribution in [0.15, 0.2) is 0 Å². The van der Waals surface area contributed by atoms with Crippen molar-refractivity contribution < 1.29 is 21.9 Å². The molecule has 12 heavy (non-hydrogen) atoms.